The fraction of sp³-hybridized carbons (Fsp3) is 0.417. The van der Waals surface area contributed by atoms with Crippen molar-refractivity contribution in [1.82, 2.24) is 20.9 Å². The van der Waals surface area contributed by atoms with Crippen LogP contribution in [0.25, 0.3) is 10.9 Å². The van der Waals surface area contributed by atoms with Gasteiger partial charge in [-0.25, -0.2) is 4.79 Å². The van der Waals surface area contributed by atoms with E-state index in [2.05, 4.69) is 20.9 Å². The molecule has 0 saturated carbocycles. The van der Waals surface area contributed by atoms with E-state index in [0.29, 0.717) is 17.7 Å². The average Bonchev–Trinajstić information content (AvgIpc) is 3.28. The Morgan fingerprint density at radius 1 is 0.897 bits per heavy atom. The van der Waals surface area contributed by atoms with E-state index >= 15 is 0 Å². The number of thioether (sulfide) groups is 1. The molecule has 0 fully saturated rings. The molecule has 4 atom stereocenters. The Morgan fingerprint density at radius 2 is 1.46 bits per heavy atom. The fourth-order valence-electron chi connectivity index (χ4n) is 3.74. The van der Waals surface area contributed by atoms with Gasteiger partial charge in [0.25, 0.3) is 0 Å². The molecule has 39 heavy (non-hydrogen) atoms. The van der Waals surface area contributed by atoms with Crippen LogP contribution in [0.3, 0.4) is 0 Å². The number of nitrogens with one attached hydrogen (secondary N) is 4. The zero-order valence-corrected chi connectivity index (χ0v) is 22.1. The number of aromatic amines is 1. The lowest BCUT2D eigenvalue weighted by Gasteiger charge is -2.24. The molecule has 0 aliphatic carbocycles. The molecule has 1 heterocycles. The summed E-state index contributed by atoms with van der Waals surface area (Å²) >= 11 is 1.50. The summed E-state index contributed by atoms with van der Waals surface area (Å²) in [5.74, 6) is -5.39. The Kier molecular flexibility index (Phi) is 11.7. The molecule has 0 bridgehead atoms. The minimum atomic E-state index is -1.70. The normalized spacial score (nSPS) is 14.0. The van der Waals surface area contributed by atoms with Gasteiger partial charge in [0.1, 0.15) is 18.1 Å². The average molecular weight is 564 g/mol. The molecule has 0 aliphatic heterocycles. The van der Waals surface area contributed by atoms with Crippen LogP contribution in [0.1, 0.15) is 24.8 Å². The third-order valence-corrected chi connectivity index (χ3v) is 6.40. The largest absolute Gasteiger partial charge is 0.480 e. The highest BCUT2D eigenvalue weighted by Crippen LogP contribution is 2.19. The Balaban J connectivity index is 2.30. The first-order valence-corrected chi connectivity index (χ1v) is 13.3. The van der Waals surface area contributed by atoms with E-state index in [4.69, 9.17) is 17.2 Å². The fourth-order valence-corrected chi connectivity index (χ4v) is 4.23. The third-order valence-electron chi connectivity index (χ3n) is 5.76. The standard InChI is InChI=1S/C24H33N7O7S/c1-39-7-6-14(25)21(34)29-16(8-12-11-28-15-5-3-2-4-13(12)15)22(35)30-17(9-19(26)32)23(36)31-18(24(37)38)10-20(27)33/h2-5,11,14,16-18,28H,6-10,25H2,1H3,(H2,26,32)(H2,27,33)(H,29,34)(H,30,35)(H,31,36)(H,37,38). The number of amides is 5. The Hall–Kier alpha value is -4.11. The number of primary amides is 2. The number of carboxylic acid groups (broad SMARTS) is 1. The summed E-state index contributed by atoms with van der Waals surface area (Å²) in [4.78, 5) is 76.3. The summed E-state index contributed by atoms with van der Waals surface area (Å²) in [6.45, 7) is 0. The molecule has 15 heteroatoms. The third kappa shape index (κ3) is 9.61. The van der Waals surface area contributed by atoms with Gasteiger partial charge in [0.2, 0.25) is 29.5 Å². The molecule has 1 aromatic heterocycles. The lowest BCUT2D eigenvalue weighted by molar-refractivity contribution is -0.144. The van der Waals surface area contributed by atoms with Crippen molar-refractivity contribution in [2.45, 2.75) is 49.9 Å². The molecule has 0 aliphatic rings. The van der Waals surface area contributed by atoms with Gasteiger partial charge in [-0.05, 0) is 30.1 Å². The van der Waals surface area contributed by atoms with E-state index < -0.39 is 72.5 Å². The van der Waals surface area contributed by atoms with Crippen LogP contribution < -0.4 is 33.2 Å². The maximum Gasteiger partial charge on any atom is 0.326 e. The van der Waals surface area contributed by atoms with Crippen LogP contribution in [-0.2, 0) is 35.2 Å². The van der Waals surface area contributed by atoms with E-state index in [9.17, 15) is 33.9 Å². The second-order valence-corrected chi connectivity index (χ2v) is 9.80. The maximum absolute atomic E-state index is 13.4. The monoisotopic (exact) mass is 563 g/mol. The molecule has 4 unspecified atom stereocenters. The molecule has 2 rings (SSSR count). The number of aliphatic carboxylic acids is 1. The zero-order valence-electron chi connectivity index (χ0n) is 21.3. The molecular weight excluding hydrogens is 530 g/mol. The summed E-state index contributed by atoms with van der Waals surface area (Å²) in [6, 6.07) is 1.89. The van der Waals surface area contributed by atoms with Gasteiger partial charge in [-0.2, -0.15) is 11.8 Å². The van der Waals surface area contributed by atoms with Crippen molar-refractivity contribution < 1.29 is 33.9 Å². The number of nitrogens with two attached hydrogens (primary N) is 3. The highest BCUT2D eigenvalue weighted by molar-refractivity contribution is 7.98. The van der Waals surface area contributed by atoms with Crippen LogP contribution in [0.4, 0.5) is 0 Å². The maximum atomic E-state index is 13.4. The number of carboxylic acids is 1. The predicted octanol–water partition coefficient (Wildman–Crippen LogP) is -1.92. The first-order valence-electron chi connectivity index (χ1n) is 11.9. The van der Waals surface area contributed by atoms with Gasteiger partial charge in [-0.15, -0.1) is 0 Å². The highest BCUT2D eigenvalue weighted by atomic mass is 32.2. The smallest absolute Gasteiger partial charge is 0.326 e. The number of carbonyl (C=O) groups is 6. The lowest BCUT2D eigenvalue weighted by Crippen LogP contribution is -2.58. The van der Waals surface area contributed by atoms with E-state index in [-0.39, 0.29) is 6.42 Å². The topological polar surface area (TPSA) is 253 Å². The van der Waals surface area contributed by atoms with Crippen LogP contribution in [0.2, 0.25) is 0 Å². The quantitative estimate of drug-likeness (QED) is 0.113. The van der Waals surface area contributed by atoms with Crippen LogP contribution in [-0.4, -0.2) is 81.8 Å². The van der Waals surface area contributed by atoms with Gasteiger partial charge >= 0.3 is 5.97 Å². The molecule has 0 saturated heterocycles. The van der Waals surface area contributed by atoms with E-state index in [1.54, 1.807) is 6.20 Å². The van der Waals surface area contributed by atoms with E-state index in [1.807, 2.05) is 30.5 Å². The minimum absolute atomic E-state index is 0.00116. The number of hydrogen-bond donors (Lipinski definition) is 8. The van der Waals surface area contributed by atoms with Gasteiger partial charge in [-0.1, -0.05) is 18.2 Å². The zero-order chi connectivity index (χ0) is 29.1. The SMILES string of the molecule is CSCCC(N)C(=O)NC(Cc1c[nH]c2ccccc12)C(=O)NC(CC(N)=O)C(=O)NC(CC(N)=O)C(=O)O. The van der Waals surface area contributed by atoms with Crippen molar-refractivity contribution >= 4 is 58.2 Å². The second-order valence-electron chi connectivity index (χ2n) is 8.81. The molecule has 2 aromatic rings. The number of rotatable bonds is 16. The number of H-pyrrole nitrogens is 1. The summed E-state index contributed by atoms with van der Waals surface area (Å²) in [7, 11) is 0. The van der Waals surface area contributed by atoms with Crippen molar-refractivity contribution in [3.63, 3.8) is 0 Å². The number of para-hydroxylation sites is 1. The molecule has 0 spiro atoms. The molecule has 5 amide bonds. The van der Waals surface area contributed by atoms with Crippen LogP contribution in [0.5, 0.6) is 0 Å². The first-order chi connectivity index (χ1) is 18.4. The molecule has 14 nitrogen and oxygen atoms in total. The molecule has 0 radical (unpaired) electrons. The Bertz CT molecular complexity index is 1220. The van der Waals surface area contributed by atoms with Gasteiger partial charge < -0.3 is 43.2 Å². The number of hydrogen-bond acceptors (Lipinski definition) is 8. The first kappa shape index (κ1) is 31.1. The van der Waals surface area contributed by atoms with E-state index in [1.165, 1.54) is 11.8 Å². The van der Waals surface area contributed by atoms with Gasteiger partial charge in [-0.3, -0.25) is 24.0 Å². The number of benzene rings is 1. The van der Waals surface area contributed by atoms with Gasteiger partial charge in [0.15, 0.2) is 0 Å². The summed E-state index contributed by atoms with van der Waals surface area (Å²) in [6.07, 6.45) is 2.51. The van der Waals surface area contributed by atoms with Crippen molar-refractivity contribution in [1.29, 1.82) is 0 Å². The molecule has 11 N–H and O–H groups in total. The van der Waals surface area contributed by atoms with Crippen LogP contribution in [0.15, 0.2) is 30.5 Å². The van der Waals surface area contributed by atoms with Crippen molar-refractivity contribution in [3.8, 4) is 0 Å². The summed E-state index contributed by atoms with van der Waals surface area (Å²) in [5, 5.41) is 17.1. The lowest BCUT2D eigenvalue weighted by atomic mass is 10.0. The highest BCUT2D eigenvalue weighted by Gasteiger charge is 2.32. The van der Waals surface area contributed by atoms with Crippen LogP contribution in [0, 0.1) is 0 Å². The van der Waals surface area contributed by atoms with Crippen LogP contribution >= 0.6 is 11.8 Å². The Labute approximate surface area is 228 Å². The Morgan fingerprint density at radius 3 is 2.08 bits per heavy atom. The van der Waals surface area contributed by atoms with Crippen molar-refractivity contribution in [2.24, 2.45) is 17.2 Å². The summed E-state index contributed by atoms with van der Waals surface area (Å²) < 4.78 is 0. The molecular formula is C24H33N7O7S. The van der Waals surface area contributed by atoms with Crippen molar-refractivity contribution in [3.05, 3.63) is 36.0 Å². The molecule has 212 valence electrons. The van der Waals surface area contributed by atoms with E-state index in [0.717, 1.165) is 10.9 Å². The molecule has 1 aromatic carbocycles. The number of fused-ring (bicyclic) bond motifs is 1. The summed E-state index contributed by atoms with van der Waals surface area (Å²) in [5.41, 5.74) is 17.7. The number of carbonyl (C=O) groups excluding carboxylic acids is 5. The van der Waals surface area contributed by atoms with Gasteiger partial charge in [0.05, 0.1) is 18.9 Å². The predicted molar refractivity (Wildman–Crippen MR) is 144 cm³/mol. The second kappa shape index (κ2) is 14.7. The van der Waals surface area contributed by atoms with Crippen molar-refractivity contribution in [2.75, 3.05) is 12.0 Å². The number of aromatic nitrogens is 1. The van der Waals surface area contributed by atoms with Gasteiger partial charge in [0, 0.05) is 23.5 Å². The minimum Gasteiger partial charge on any atom is -0.480 e.